The van der Waals surface area contributed by atoms with Crippen molar-refractivity contribution < 1.29 is 37.6 Å². The highest BCUT2D eigenvalue weighted by molar-refractivity contribution is 5.89. The van der Waals surface area contributed by atoms with Gasteiger partial charge < -0.3 is 38.8 Å². The number of rotatable bonds is 15. The number of hydrogen-bond donors (Lipinski definition) is 3. The molecule has 0 aliphatic heterocycles. The normalized spacial score (nSPS) is 10.9. The van der Waals surface area contributed by atoms with Gasteiger partial charge in [-0.2, -0.15) is 0 Å². The van der Waals surface area contributed by atoms with E-state index in [0.717, 1.165) is 5.56 Å². The summed E-state index contributed by atoms with van der Waals surface area (Å²) in [6.07, 6.45) is 4.25. The molecule has 10 nitrogen and oxygen atoms in total. The van der Waals surface area contributed by atoms with Crippen molar-refractivity contribution in [2.45, 2.75) is 19.4 Å². The van der Waals surface area contributed by atoms with Crippen LogP contribution in [0.15, 0.2) is 125 Å². The first-order valence-corrected chi connectivity index (χ1v) is 18.3. The molecular formula is C45H42F2N2O8. The van der Waals surface area contributed by atoms with Crippen LogP contribution in [0.1, 0.15) is 18.4 Å². The van der Waals surface area contributed by atoms with Crippen LogP contribution < -0.4 is 29.8 Å². The molecular weight excluding hydrogens is 734 g/mol. The monoisotopic (exact) mass is 776 g/mol. The smallest absolute Gasteiger partial charge is 0.200 e. The molecule has 294 valence electrons. The number of halogens is 2. The minimum atomic E-state index is -0.610. The van der Waals surface area contributed by atoms with Crippen molar-refractivity contribution in [1.82, 2.24) is 9.97 Å². The van der Waals surface area contributed by atoms with Gasteiger partial charge >= 0.3 is 0 Å². The number of aliphatic hydroxyl groups is 1. The van der Waals surface area contributed by atoms with Crippen LogP contribution in [0.4, 0.5) is 8.78 Å². The third-order valence-corrected chi connectivity index (χ3v) is 9.06. The van der Waals surface area contributed by atoms with E-state index in [1.807, 2.05) is 30.3 Å². The van der Waals surface area contributed by atoms with E-state index >= 15 is 0 Å². The van der Waals surface area contributed by atoms with Gasteiger partial charge in [-0.3, -0.25) is 9.59 Å². The summed E-state index contributed by atoms with van der Waals surface area (Å²) in [6, 6.07) is 29.4. The van der Waals surface area contributed by atoms with E-state index in [9.17, 15) is 18.4 Å². The van der Waals surface area contributed by atoms with Crippen molar-refractivity contribution >= 4 is 21.8 Å². The summed E-state index contributed by atoms with van der Waals surface area (Å²) in [6.45, 7) is 1.74. The van der Waals surface area contributed by atoms with Gasteiger partial charge in [0.05, 0.1) is 62.5 Å². The van der Waals surface area contributed by atoms with E-state index in [0.29, 0.717) is 88.9 Å². The van der Waals surface area contributed by atoms with Gasteiger partial charge in [-0.05, 0) is 65.2 Å². The second kappa shape index (κ2) is 19.4. The number of hydrogen-bond acceptors (Lipinski definition) is 8. The first kappa shape index (κ1) is 40.2. The molecule has 0 atom stereocenters. The second-order valence-electron chi connectivity index (χ2n) is 12.8. The van der Waals surface area contributed by atoms with Gasteiger partial charge in [-0.1, -0.05) is 54.6 Å². The van der Waals surface area contributed by atoms with Crippen LogP contribution in [0.3, 0.4) is 0 Å². The quantitative estimate of drug-likeness (QED) is 0.0885. The molecule has 0 saturated carbocycles. The predicted octanol–water partition coefficient (Wildman–Crippen LogP) is 8.43. The Kier molecular flexibility index (Phi) is 13.7. The molecule has 0 saturated heterocycles. The van der Waals surface area contributed by atoms with Crippen LogP contribution in [0, 0.1) is 11.6 Å². The number of aliphatic hydroxyl groups excluding tert-OH is 1. The minimum Gasteiger partial charge on any atom is -0.497 e. The van der Waals surface area contributed by atoms with Crippen LogP contribution >= 0.6 is 0 Å². The summed E-state index contributed by atoms with van der Waals surface area (Å²) >= 11 is 0. The molecule has 2 aromatic heterocycles. The van der Waals surface area contributed by atoms with Crippen molar-refractivity contribution in [2.75, 3.05) is 40.6 Å². The molecule has 2 heterocycles. The zero-order valence-electron chi connectivity index (χ0n) is 31.5. The van der Waals surface area contributed by atoms with E-state index in [2.05, 4.69) is 9.97 Å². The molecule has 0 aliphatic carbocycles. The summed E-state index contributed by atoms with van der Waals surface area (Å²) in [4.78, 5) is 31.8. The predicted molar refractivity (Wildman–Crippen MR) is 216 cm³/mol. The Morgan fingerprint density at radius 2 is 1.05 bits per heavy atom. The summed E-state index contributed by atoms with van der Waals surface area (Å²) in [5.41, 5.74) is 3.04. The Bertz CT molecular complexity index is 2520. The highest BCUT2D eigenvalue weighted by Crippen LogP contribution is 2.29. The maximum atomic E-state index is 14.6. The minimum absolute atomic E-state index is 0.00271. The molecule has 0 bridgehead atoms. The Morgan fingerprint density at radius 1 is 0.579 bits per heavy atom. The average Bonchev–Trinajstić information content (AvgIpc) is 3.24. The first-order valence-electron chi connectivity index (χ1n) is 18.3. The Labute approximate surface area is 327 Å². The van der Waals surface area contributed by atoms with Crippen molar-refractivity contribution in [2.24, 2.45) is 0 Å². The molecule has 0 fully saturated rings. The van der Waals surface area contributed by atoms with E-state index in [1.165, 1.54) is 24.3 Å². The van der Waals surface area contributed by atoms with E-state index in [-0.39, 0.29) is 24.0 Å². The highest BCUT2D eigenvalue weighted by Gasteiger charge is 2.17. The summed E-state index contributed by atoms with van der Waals surface area (Å²) in [5.74, 6) is 0.967. The average molecular weight is 777 g/mol. The maximum absolute atomic E-state index is 14.6. The summed E-state index contributed by atoms with van der Waals surface area (Å²) in [7, 11) is 3.13. The van der Waals surface area contributed by atoms with Gasteiger partial charge in [0.2, 0.25) is 0 Å². The third-order valence-electron chi connectivity index (χ3n) is 9.06. The number of aromatic nitrogens is 2. The van der Waals surface area contributed by atoms with E-state index in [4.69, 9.17) is 28.8 Å². The molecule has 0 amide bonds. The van der Waals surface area contributed by atoms with E-state index < -0.39 is 22.5 Å². The number of pyridine rings is 2. The van der Waals surface area contributed by atoms with Crippen molar-refractivity contribution in [3.63, 3.8) is 0 Å². The second-order valence-corrected chi connectivity index (χ2v) is 12.8. The zero-order chi connectivity index (χ0) is 40.1. The largest absolute Gasteiger partial charge is 0.497 e. The number of H-pyrrole nitrogens is 2. The van der Waals surface area contributed by atoms with Crippen LogP contribution in [-0.4, -0.2) is 55.7 Å². The number of fused-ring (bicyclic) bond motifs is 2. The molecule has 57 heavy (non-hydrogen) atoms. The number of methoxy groups -OCH3 is 2. The van der Waals surface area contributed by atoms with Gasteiger partial charge in [0, 0.05) is 43.0 Å². The molecule has 7 aromatic rings. The van der Waals surface area contributed by atoms with Gasteiger partial charge in [0.25, 0.3) is 0 Å². The molecule has 3 N–H and O–H groups in total. The van der Waals surface area contributed by atoms with Crippen molar-refractivity contribution in [3.8, 4) is 45.3 Å². The molecule has 12 heteroatoms. The lowest BCUT2D eigenvalue weighted by Gasteiger charge is -2.11. The number of aromatic amines is 2. The zero-order valence-corrected chi connectivity index (χ0v) is 31.5. The lowest BCUT2D eigenvalue weighted by atomic mass is 10.0. The van der Waals surface area contributed by atoms with Crippen molar-refractivity contribution in [1.29, 1.82) is 0 Å². The fourth-order valence-electron chi connectivity index (χ4n) is 6.10. The number of benzene rings is 5. The molecule has 0 radical (unpaired) electrons. The molecule has 0 aliphatic rings. The Hall–Kier alpha value is -6.50. The third kappa shape index (κ3) is 9.66. The Balaban J connectivity index is 0.000000199. The van der Waals surface area contributed by atoms with Gasteiger partial charge in [-0.25, -0.2) is 8.78 Å². The summed E-state index contributed by atoms with van der Waals surface area (Å²) in [5, 5.41) is 8.77. The fourth-order valence-corrected chi connectivity index (χ4v) is 6.10. The lowest BCUT2D eigenvalue weighted by molar-refractivity contribution is 0.107. The molecule has 0 spiro atoms. The molecule has 5 aromatic carbocycles. The number of nitrogens with one attached hydrogen (secondary N) is 2. The highest BCUT2D eigenvalue weighted by atomic mass is 19.1. The fraction of sp³-hybridized carbons (Fsp3) is 0.200. The van der Waals surface area contributed by atoms with Gasteiger partial charge in [0.15, 0.2) is 10.9 Å². The lowest BCUT2D eigenvalue weighted by Crippen LogP contribution is -2.10. The SMILES string of the molecule is COc1ccc(-c2c[nH]c3c(OCCCO)ccc(F)c3c2=O)cc1.COc1ccc(-c2c[nH]c3c(OCCCOCc4ccccc4)ccc(F)c3c2=O)cc1. The van der Waals surface area contributed by atoms with Crippen LogP contribution in [0.5, 0.6) is 23.0 Å². The Morgan fingerprint density at radius 3 is 1.51 bits per heavy atom. The van der Waals surface area contributed by atoms with E-state index in [1.54, 1.807) is 75.1 Å². The first-order chi connectivity index (χ1) is 27.8. The number of ether oxygens (including phenoxy) is 5. The molecule has 0 unspecified atom stereocenters. The van der Waals surface area contributed by atoms with Crippen molar-refractivity contribution in [3.05, 3.63) is 153 Å². The van der Waals surface area contributed by atoms with Crippen LogP contribution in [0.25, 0.3) is 44.1 Å². The van der Waals surface area contributed by atoms with Crippen LogP contribution in [0.2, 0.25) is 0 Å². The van der Waals surface area contributed by atoms with Gasteiger partial charge in [-0.15, -0.1) is 0 Å². The maximum Gasteiger partial charge on any atom is 0.200 e. The standard InChI is InChI=1S/C26H24FNO4.C19H18FNO4/c1-30-20-10-8-19(9-11-20)21-16-28-25-23(13-12-22(27)24(25)26(21)29)32-15-5-14-31-17-18-6-3-2-4-7-18;1-24-13-5-3-12(4-6-13)14-11-21-18-16(25-10-2-9-22)8-7-15(20)17(18)19(14)23/h2-4,6-13,16H,5,14-15,17H2,1H3,(H,28,29);3-8,11,22H,2,9-10H2,1H3,(H,21,23). The summed E-state index contributed by atoms with van der Waals surface area (Å²) < 4.78 is 56.1. The topological polar surface area (TPSA) is 132 Å². The van der Waals surface area contributed by atoms with Gasteiger partial charge in [0.1, 0.15) is 34.6 Å². The molecule has 7 rings (SSSR count). The van der Waals surface area contributed by atoms with Crippen LogP contribution in [-0.2, 0) is 11.3 Å².